The van der Waals surface area contributed by atoms with Crippen LogP contribution in [0.2, 0.25) is 5.02 Å². The topological polar surface area (TPSA) is 72.5 Å². The van der Waals surface area contributed by atoms with E-state index in [2.05, 4.69) is 15.1 Å². The summed E-state index contributed by atoms with van der Waals surface area (Å²) < 4.78 is 0. The zero-order valence-corrected chi connectivity index (χ0v) is 14.3. The third-order valence-electron chi connectivity index (χ3n) is 4.11. The minimum Gasteiger partial charge on any atom is -0.392 e. The van der Waals surface area contributed by atoms with E-state index in [-0.39, 0.29) is 12.0 Å². The Morgan fingerprint density at radius 1 is 1.33 bits per heavy atom. The second kappa shape index (κ2) is 7.34. The number of carbonyl (C=O) groups excluding carboxylic acids is 1. The minimum atomic E-state index is -0.347. The Labute approximate surface area is 146 Å². The number of aliphatic hydroxyl groups excluding tert-OH is 1. The molecule has 1 aliphatic rings. The number of rotatable bonds is 4. The zero-order valence-electron chi connectivity index (χ0n) is 13.6. The number of hydrogen-bond acceptors (Lipinski definition) is 4. The lowest BCUT2D eigenvalue weighted by atomic mass is 10.1. The predicted molar refractivity (Wildman–Crippen MR) is 93.1 cm³/mol. The number of benzene rings is 1. The Bertz CT molecular complexity index is 708. The molecule has 1 aromatic heterocycles. The highest BCUT2D eigenvalue weighted by Gasteiger charge is 2.24. The first kappa shape index (κ1) is 17.0. The van der Waals surface area contributed by atoms with Crippen LogP contribution in [0.25, 0.3) is 11.3 Å². The summed E-state index contributed by atoms with van der Waals surface area (Å²) in [6, 6.07) is 9.15. The van der Waals surface area contributed by atoms with Gasteiger partial charge in [-0.05, 0) is 25.1 Å². The Morgan fingerprint density at radius 3 is 2.75 bits per heavy atom. The van der Waals surface area contributed by atoms with Crippen LogP contribution in [0.3, 0.4) is 0 Å². The van der Waals surface area contributed by atoms with Crippen LogP contribution >= 0.6 is 11.6 Å². The van der Waals surface area contributed by atoms with Crippen LogP contribution in [0.5, 0.6) is 0 Å². The van der Waals surface area contributed by atoms with Gasteiger partial charge in [-0.3, -0.25) is 14.8 Å². The molecule has 2 N–H and O–H groups in total. The fourth-order valence-corrected chi connectivity index (χ4v) is 3.09. The van der Waals surface area contributed by atoms with Crippen molar-refractivity contribution in [2.45, 2.75) is 13.0 Å². The predicted octanol–water partition coefficient (Wildman–Crippen LogP) is 1.87. The van der Waals surface area contributed by atoms with Gasteiger partial charge in [-0.15, -0.1) is 0 Å². The molecule has 6 nitrogen and oxygen atoms in total. The van der Waals surface area contributed by atoms with E-state index in [9.17, 15) is 9.90 Å². The molecule has 0 unspecified atom stereocenters. The van der Waals surface area contributed by atoms with Crippen molar-refractivity contribution in [1.82, 2.24) is 20.0 Å². The van der Waals surface area contributed by atoms with E-state index in [0.29, 0.717) is 36.0 Å². The van der Waals surface area contributed by atoms with Gasteiger partial charge in [0.1, 0.15) is 5.69 Å². The molecule has 1 aliphatic heterocycles. The van der Waals surface area contributed by atoms with E-state index in [1.807, 2.05) is 23.1 Å². The van der Waals surface area contributed by atoms with Crippen LogP contribution in [0.1, 0.15) is 17.4 Å². The molecule has 2 heterocycles. The van der Waals surface area contributed by atoms with Crippen LogP contribution in [0, 0.1) is 0 Å². The molecule has 0 aliphatic carbocycles. The molecule has 0 spiro atoms. The third kappa shape index (κ3) is 3.95. The van der Waals surface area contributed by atoms with Gasteiger partial charge in [0.05, 0.1) is 11.8 Å². The molecular formula is C17H21ClN4O2. The zero-order chi connectivity index (χ0) is 17.1. The molecule has 2 aromatic rings. The van der Waals surface area contributed by atoms with Crippen LogP contribution in [-0.2, 0) is 0 Å². The van der Waals surface area contributed by atoms with Crippen molar-refractivity contribution < 1.29 is 9.90 Å². The summed E-state index contributed by atoms with van der Waals surface area (Å²) in [6.07, 6.45) is -0.347. The molecule has 1 atom stereocenters. The summed E-state index contributed by atoms with van der Waals surface area (Å²) >= 11 is 6.00. The summed E-state index contributed by atoms with van der Waals surface area (Å²) in [4.78, 5) is 16.6. The average molecular weight is 349 g/mol. The Balaban J connectivity index is 1.64. The number of piperazine rings is 1. The van der Waals surface area contributed by atoms with Crippen molar-refractivity contribution in [3.63, 3.8) is 0 Å². The Hall–Kier alpha value is -1.89. The molecule has 24 heavy (non-hydrogen) atoms. The molecule has 3 rings (SSSR count). The van der Waals surface area contributed by atoms with Crippen molar-refractivity contribution in [2.24, 2.45) is 0 Å². The van der Waals surface area contributed by atoms with Gasteiger partial charge in [-0.1, -0.05) is 23.7 Å². The smallest absolute Gasteiger partial charge is 0.271 e. The molecule has 0 saturated carbocycles. The number of hydrogen-bond donors (Lipinski definition) is 2. The first-order valence-electron chi connectivity index (χ1n) is 8.04. The van der Waals surface area contributed by atoms with Crippen LogP contribution < -0.4 is 0 Å². The van der Waals surface area contributed by atoms with Crippen LogP contribution in [0.4, 0.5) is 0 Å². The molecule has 7 heteroatoms. The highest BCUT2D eigenvalue weighted by atomic mass is 35.5. The number of aromatic amines is 1. The number of halogens is 1. The van der Waals surface area contributed by atoms with E-state index >= 15 is 0 Å². The molecule has 1 aromatic carbocycles. The van der Waals surface area contributed by atoms with Gasteiger partial charge >= 0.3 is 0 Å². The molecular weight excluding hydrogens is 328 g/mol. The average Bonchev–Trinajstić information content (AvgIpc) is 3.04. The second-order valence-corrected chi connectivity index (χ2v) is 6.56. The van der Waals surface area contributed by atoms with Crippen LogP contribution in [0.15, 0.2) is 30.3 Å². The number of nitrogens with one attached hydrogen (secondary N) is 1. The van der Waals surface area contributed by atoms with Crippen LogP contribution in [-0.4, -0.2) is 69.8 Å². The van der Waals surface area contributed by atoms with Gasteiger partial charge in [0.25, 0.3) is 5.91 Å². The van der Waals surface area contributed by atoms with Gasteiger partial charge in [0.15, 0.2) is 0 Å². The largest absolute Gasteiger partial charge is 0.392 e. The Morgan fingerprint density at radius 2 is 2.08 bits per heavy atom. The molecule has 1 amide bonds. The lowest BCUT2D eigenvalue weighted by molar-refractivity contribution is 0.0549. The molecule has 1 saturated heterocycles. The van der Waals surface area contributed by atoms with Gasteiger partial charge in [0, 0.05) is 43.3 Å². The summed E-state index contributed by atoms with van der Waals surface area (Å²) in [5.74, 6) is -0.0486. The van der Waals surface area contributed by atoms with Gasteiger partial charge in [-0.2, -0.15) is 5.10 Å². The molecule has 0 bridgehead atoms. The first-order valence-corrected chi connectivity index (χ1v) is 8.42. The number of H-pyrrole nitrogens is 1. The Kier molecular flexibility index (Phi) is 5.18. The SMILES string of the molecule is C[C@@H](O)CN1CCN(C(=O)c2cc(-c3cccc(Cl)c3)n[nH]2)CC1. The maximum absolute atomic E-state index is 12.6. The highest BCUT2D eigenvalue weighted by molar-refractivity contribution is 6.30. The maximum Gasteiger partial charge on any atom is 0.271 e. The number of aromatic nitrogens is 2. The van der Waals surface area contributed by atoms with E-state index in [1.54, 1.807) is 19.1 Å². The molecule has 128 valence electrons. The summed E-state index contributed by atoms with van der Waals surface area (Å²) in [7, 11) is 0. The lowest BCUT2D eigenvalue weighted by Gasteiger charge is -2.34. The van der Waals surface area contributed by atoms with Crippen molar-refractivity contribution in [3.05, 3.63) is 41.0 Å². The van der Waals surface area contributed by atoms with E-state index in [0.717, 1.165) is 18.7 Å². The van der Waals surface area contributed by atoms with Gasteiger partial charge < -0.3 is 10.0 Å². The molecule has 0 radical (unpaired) electrons. The number of β-amino-alcohol motifs (C(OH)–C–C–N with tert-alkyl or cyclic N) is 1. The van der Waals surface area contributed by atoms with E-state index in [4.69, 9.17) is 11.6 Å². The second-order valence-electron chi connectivity index (χ2n) is 6.12. The fraction of sp³-hybridized carbons (Fsp3) is 0.412. The van der Waals surface area contributed by atoms with Crippen molar-refractivity contribution in [1.29, 1.82) is 0 Å². The van der Waals surface area contributed by atoms with E-state index in [1.165, 1.54) is 0 Å². The lowest BCUT2D eigenvalue weighted by Crippen LogP contribution is -2.50. The molecule has 1 fully saturated rings. The normalized spacial score (nSPS) is 17.0. The van der Waals surface area contributed by atoms with Crippen molar-refractivity contribution >= 4 is 17.5 Å². The number of aliphatic hydroxyl groups is 1. The number of nitrogens with zero attached hydrogens (tertiary/aromatic N) is 3. The number of amides is 1. The van der Waals surface area contributed by atoms with Gasteiger partial charge in [-0.25, -0.2) is 0 Å². The fourth-order valence-electron chi connectivity index (χ4n) is 2.90. The summed E-state index contributed by atoms with van der Waals surface area (Å²) in [5.41, 5.74) is 2.06. The first-order chi connectivity index (χ1) is 11.5. The number of carbonyl (C=O) groups is 1. The van der Waals surface area contributed by atoms with Crippen molar-refractivity contribution in [3.8, 4) is 11.3 Å². The quantitative estimate of drug-likeness (QED) is 0.884. The van der Waals surface area contributed by atoms with E-state index < -0.39 is 0 Å². The summed E-state index contributed by atoms with van der Waals surface area (Å²) in [6.45, 7) is 5.26. The summed E-state index contributed by atoms with van der Waals surface area (Å²) in [5, 5.41) is 17.1. The maximum atomic E-state index is 12.6. The minimum absolute atomic E-state index is 0.0486. The third-order valence-corrected chi connectivity index (χ3v) is 4.35. The highest BCUT2D eigenvalue weighted by Crippen LogP contribution is 2.22. The standard InChI is InChI=1S/C17H21ClN4O2/c1-12(23)11-21-5-7-22(8-6-21)17(24)16-10-15(19-20-16)13-3-2-4-14(18)9-13/h2-4,9-10,12,23H,5-8,11H2,1H3,(H,19,20)/t12-/m1/s1. The van der Waals surface area contributed by atoms with Gasteiger partial charge in [0.2, 0.25) is 0 Å². The van der Waals surface area contributed by atoms with Crippen molar-refractivity contribution in [2.75, 3.05) is 32.7 Å². The monoisotopic (exact) mass is 348 g/mol.